The van der Waals surface area contributed by atoms with Crippen LogP contribution in [0.4, 0.5) is 0 Å². The van der Waals surface area contributed by atoms with Crippen molar-refractivity contribution in [2.75, 3.05) is 0 Å². The molecular weight excluding hydrogens is 266 g/mol. The van der Waals surface area contributed by atoms with E-state index in [-0.39, 0.29) is 11.6 Å². The Kier molecular flexibility index (Phi) is 4.99. The highest BCUT2D eigenvalue weighted by atomic mass is 32.1. The Balaban J connectivity index is 2.73. The normalized spacial score (nSPS) is 13.2. The van der Waals surface area contributed by atoms with Crippen molar-refractivity contribution in [2.45, 2.75) is 46.3 Å². The van der Waals surface area contributed by atoms with Crippen molar-refractivity contribution in [3.63, 3.8) is 0 Å². The number of amides is 1. The Bertz CT molecular complexity index is 438. The van der Waals surface area contributed by atoms with Crippen LogP contribution in [-0.2, 0) is 9.53 Å². The molecule has 1 amide bonds. The summed E-state index contributed by atoms with van der Waals surface area (Å²) in [6.45, 7) is 9.04. The summed E-state index contributed by atoms with van der Waals surface area (Å²) in [4.78, 5) is 23.9. The second kappa shape index (κ2) is 6.10. The zero-order valence-corrected chi connectivity index (χ0v) is 12.6. The fraction of sp³-hybridized carbons (Fsp3) is 0.667. The van der Waals surface area contributed by atoms with Gasteiger partial charge in [0.15, 0.2) is 5.69 Å². The lowest BCUT2D eigenvalue weighted by Crippen LogP contribution is -2.47. The third-order valence-electron chi connectivity index (χ3n) is 2.21. The van der Waals surface area contributed by atoms with Gasteiger partial charge in [0.2, 0.25) is 0 Å². The number of aromatic nitrogens is 2. The van der Waals surface area contributed by atoms with E-state index < -0.39 is 23.5 Å². The van der Waals surface area contributed by atoms with Gasteiger partial charge < -0.3 is 10.1 Å². The van der Waals surface area contributed by atoms with E-state index in [0.29, 0.717) is 0 Å². The van der Waals surface area contributed by atoms with E-state index >= 15 is 0 Å². The molecule has 1 aromatic heterocycles. The first-order valence-electron chi connectivity index (χ1n) is 6.01. The van der Waals surface area contributed by atoms with Crippen LogP contribution in [-0.4, -0.2) is 33.1 Å². The van der Waals surface area contributed by atoms with Crippen molar-refractivity contribution in [2.24, 2.45) is 5.92 Å². The van der Waals surface area contributed by atoms with Crippen molar-refractivity contribution in [3.8, 4) is 0 Å². The van der Waals surface area contributed by atoms with Crippen LogP contribution >= 0.6 is 11.5 Å². The third-order valence-corrected chi connectivity index (χ3v) is 2.71. The topological polar surface area (TPSA) is 81.2 Å². The zero-order valence-electron chi connectivity index (χ0n) is 11.8. The first kappa shape index (κ1) is 15.6. The summed E-state index contributed by atoms with van der Waals surface area (Å²) in [5, 5.41) is 7.83. The maximum atomic E-state index is 12.0. The number of nitrogens with zero attached hydrogens (tertiary/aromatic N) is 2. The Labute approximate surface area is 116 Å². The lowest BCUT2D eigenvalue weighted by Gasteiger charge is -2.26. The predicted octanol–water partition coefficient (Wildman–Crippen LogP) is 1.63. The maximum Gasteiger partial charge on any atom is 0.329 e. The molecule has 0 aliphatic heterocycles. The molecule has 1 N–H and O–H groups in total. The molecule has 0 aliphatic carbocycles. The minimum absolute atomic E-state index is 0.0783. The summed E-state index contributed by atoms with van der Waals surface area (Å²) in [5.74, 6) is -0.942. The van der Waals surface area contributed by atoms with Gasteiger partial charge in [-0.15, -0.1) is 5.10 Å². The highest BCUT2D eigenvalue weighted by Gasteiger charge is 2.29. The molecule has 7 heteroatoms. The number of nitrogens with one attached hydrogen (secondary N) is 1. The summed E-state index contributed by atoms with van der Waals surface area (Å²) in [5.41, 5.74) is -0.379. The summed E-state index contributed by atoms with van der Waals surface area (Å²) in [6.07, 6.45) is 0. The molecule has 106 valence electrons. The van der Waals surface area contributed by atoms with E-state index in [1.54, 1.807) is 20.8 Å². The number of carbonyl (C=O) groups excluding carboxylic acids is 2. The molecule has 19 heavy (non-hydrogen) atoms. The minimum atomic E-state index is -0.701. The second-order valence-corrected chi connectivity index (χ2v) is 6.13. The van der Waals surface area contributed by atoms with Gasteiger partial charge in [-0.05, 0) is 38.2 Å². The molecular formula is C12H19N3O3S. The van der Waals surface area contributed by atoms with E-state index in [1.807, 2.05) is 13.8 Å². The van der Waals surface area contributed by atoms with Gasteiger partial charge in [-0.3, -0.25) is 4.79 Å². The number of hydrogen-bond donors (Lipinski definition) is 1. The predicted molar refractivity (Wildman–Crippen MR) is 71.8 cm³/mol. The van der Waals surface area contributed by atoms with Crippen LogP contribution in [0.2, 0.25) is 0 Å². The molecule has 6 nitrogen and oxygen atoms in total. The Morgan fingerprint density at radius 2 is 2.00 bits per heavy atom. The first-order valence-corrected chi connectivity index (χ1v) is 6.85. The van der Waals surface area contributed by atoms with Crippen LogP contribution in [0, 0.1) is 5.92 Å². The van der Waals surface area contributed by atoms with Gasteiger partial charge in [0.25, 0.3) is 5.91 Å². The van der Waals surface area contributed by atoms with E-state index in [4.69, 9.17) is 4.74 Å². The summed E-state index contributed by atoms with van der Waals surface area (Å²) < 4.78 is 8.91. The van der Waals surface area contributed by atoms with Gasteiger partial charge >= 0.3 is 5.97 Å². The molecule has 0 spiro atoms. The molecule has 0 aromatic carbocycles. The molecule has 0 aliphatic rings. The van der Waals surface area contributed by atoms with Gasteiger partial charge in [0.1, 0.15) is 11.6 Å². The average molecular weight is 285 g/mol. The zero-order chi connectivity index (χ0) is 14.6. The minimum Gasteiger partial charge on any atom is -0.458 e. The van der Waals surface area contributed by atoms with E-state index in [2.05, 4.69) is 14.9 Å². The summed E-state index contributed by atoms with van der Waals surface area (Å²) in [6, 6.07) is -0.701. The lowest BCUT2D eigenvalue weighted by molar-refractivity contribution is -0.158. The third kappa shape index (κ3) is 4.94. The van der Waals surface area contributed by atoms with Gasteiger partial charge in [0, 0.05) is 5.38 Å². The molecule has 1 atom stereocenters. The molecule has 0 saturated heterocycles. The molecule has 1 rings (SSSR count). The van der Waals surface area contributed by atoms with Gasteiger partial charge in [-0.2, -0.15) is 0 Å². The molecule has 0 radical (unpaired) electrons. The van der Waals surface area contributed by atoms with Crippen LogP contribution in [0.1, 0.15) is 45.1 Å². The molecule has 0 fully saturated rings. The molecule has 1 heterocycles. The fourth-order valence-electron chi connectivity index (χ4n) is 1.34. The summed E-state index contributed by atoms with van der Waals surface area (Å²) in [7, 11) is 0. The monoisotopic (exact) mass is 285 g/mol. The Morgan fingerprint density at radius 1 is 1.37 bits per heavy atom. The average Bonchev–Trinajstić information content (AvgIpc) is 2.75. The molecule has 0 unspecified atom stereocenters. The van der Waals surface area contributed by atoms with Gasteiger partial charge in [-0.25, -0.2) is 4.79 Å². The SMILES string of the molecule is CC(C)[C@H](NC(=O)c1csnn1)C(=O)OC(C)(C)C. The van der Waals surface area contributed by atoms with Crippen molar-refractivity contribution in [3.05, 3.63) is 11.1 Å². The smallest absolute Gasteiger partial charge is 0.329 e. The number of carbonyl (C=O) groups is 2. The largest absolute Gasteiger partial charge is 0.458 e. The maximum absolute atomic E-state index is 12.0. The second-order valence-electron chi connectivity index (χ2n) is 5.52. The number of esters is 1. The van der Waals surface area contributed by atoms with Crippen LogP contribution in [0.15, 0.2) is 5.38 Å². The van der Waals surface area contributed by atoms with E-state index in [9.17, 15) is 9.59 Å². The van der Waals surface area contributed by atoms with Crippen molar-refractivity contribution < 1.29 is 14.3 Å². The molecule has 1 aromatic rings. The van der Waals surface area contributed by atoms with Crippen molar-refractivity contribution >= 4 is 23.4 Å². The highest BCUT2D eigenvalue weighted by Crippen LogP contribution is 2.13. The Morgan fingerprint density at radius 3 is 2.42 bits per heavy atom. The van der Waals surface area contributed by atoms with Crippen LogP contribution in [0.5, 0.6) is 0 Å². The quantitative estimate of drug-likeness (QED) is 0.850. The van der Waals surface area contributed by atoms with Crippen LogP contribution < -0.4 is 5.32 Å². The Hall–Kier alpha value is -1.50. The van der Waals surface area contributed by atoms with Crippen LogP contribution in [0.3, 0.4) is 0 Å². The lowest BCUT2D eigenvalue weighted by atomic mass is 10.0. The molecule has 0 saturated carbocycles. The number of ether oxygens (including phenoxy) is 1. The summed E-state index contributed by atoms with van der Waals surface area (Å²) >= 11 is 1.08. The fourth-order valence-corrected chi connectivity index (χ4v) is 1.78. The van der Waals surface area contributed by atoms with Gasteiger partial charge in [-0.1, -0.05) is 18.3 Å². The van der Waals surface area contributed by atoms with Gasteiger partial charge in [0.05, 0.1) is 0 Å². The van der Waals surface area contributed by atoms with Crippen molar-refractivity contribution in [1.29, 1.82) is 0 Å². The molecule has 0 bridgehead atoms. The number of hydrogen-bond acceptors (Lipinski definition) is 6. The van der Waals surface area contributed by atoms with E-state index in [1.165, 1.54) is 5.38 Å². The van der Waals surface area contributed by atoms with E-state index in [0.717, 1.165) is 11.5 Å². The van der Waals surface area contributed by atoms with Crippen LogP contribution in [0.25, 0.3) is 0 Å². The first-order chi connectivity index (χ1) is 8.70. The highest BCUT2D eigenvalue weighted by molar-refractivity contribution is 7.03. The van der Waals surface area contributed by atoms with Crippen molar-refractivity contribution in [1.82, 2.24) is 14.9 Å². The standard InChI is InChI=1S/C12H19N3O3S/c1-7(2)9(11(17)18-12(3,4)5)13-10(16)8-6-19-15-14-8/h6-7,9H,1-5H3,(H,13,16)/t9-/m0/s1. The number of rotatable bonds is 4.